The lowest BCUT2D eigenvalue weighted by Crippen LogP contribution is -2.28. The second kappa shape index (κ2) is 4.71. The third-order valence-electron chi connectivity index (χ3n) is 2.83. The van der Waals surface area contributed by atoms with Crippen molar-refractivity contribution in [3.8, 4) is 0 Å². The topological polar surface area (TPSA) is 68.0 Å². The molecule has 19 heavy (non-hydrogen) atoms. The second-order valence-electron chi connectivity index (χ2n) is 3.99. The molecule has 98 valence electrons. The van der Waals surface area contributed by atoms with Crippen molar-refractivity contribution in [2.45, 2.75) is 19.9 Å². The van der Waals surface area contributed by atoms with Gasteiger partial charge >= 0.3 is 0 Å². The molecule has 0 unspecified atom stereocenters. The van der Waals surface area contributed by atoms with Crippen molar-refractivity contribution in [3.63, 3.8) is 0 Å². The zero-order chi connectivity index (χ0) is 13.4. The van der Waals surface area contributed by atoms with Crippen LogP contribution >= 0.6 is 23.6 Å². The van der Waals surface area contributed by atoms with Crippen LogP contribution in [0.15, 0.2) is 22.3 Å². The van der Waals surface area contributed by atoms with Crippen LogP contribution in [-0.2, 0) is 13.0 Å². The monoisotopic (exact) mass is 293 g/mol. The minimum absolute atomic E-state index is 0.114. The van der Waals surface area contributed by atoms with Crippen LogP contribution in [0.25, 0.3) is 5.78 Å². The minimum Gasteiger partial charge on any atom is -0.274 e. The van der Waals surface area contributed by atoms with Crippen LogP contribution in [0.4, 0.5) is 0 Å². The van der Waals surface area contributed by atoms with Gasteiger partial charge in [0.25, 0.3) is 11.3 Å². The Bertz CT molecular complexity index is 827. The van der Waals surface area contributed by atoms with Crippen LogP contribution in [-0.4, -0.2) is 24.4 Å². The van der Waals surface area contributed by atoms with E-state index in [1.807, 2.05) is 24.4 Å². The minimum atomic E-state index is -0.114. The zero-order valence-electron chi connectivity index (χ0n) is 10.2. The zero-order valence-corrected chi connectivity index (χ0v) is 11.8. The van der Waals surface area contributed by atoms with Crippen LogP contribution in [0.5, 0.6) is 0 Å². The van der Waals surface area contributed by atoms with Gasteiger partial charge in [-0.3, -0.25) is 9.36 Å². The predicted molar refractivity (Wildman–Crippen MR) is 75.2 cm³/mol. The smallest absolute Gasteiger partial charge is 0.274 e. The van der Waals surface area contributed by atoms with Gasteiger partial charge in [0.05, 0.1) is 0 Å². The molecule has 3 aromatic rings. The van der Waals surface area contributed by atoms with Crippen LogP contribution in [0.3, 0.4) is 0 Å². The number of aryl methyl sites for hydroxylation is 1. The summed E-state index contributed by atoms with van der Waals surface area (Å²) >= 11 is 6.72. The Hall–Kier alpha value is -1.80. The summed E-state index contributed by atoms with van der Waals surface area (Å²) in [6.45, 7) is 2.43. The van der Waals surface area contributed by atoms with Crippen molar-refractivity contribution >= 4 is 29.3 Å². The maximum absolute atomic E-state index is 12.4. The molecule has 0 saturated carbocycles. The van der Waals surface area contributed by atoms with Gasteiger partial charge in [-0.2, -0.15) is 9.61 Å². The SMILES string of the molecule is CCn1c(=O)c(Cc2cccs2)nn2c(=S)[nH]nc12. The number of rotatable bonds is 3. The van der Waals surface area contributed by atoms with Crippen LogP contribution in [0.1, 0.15) is 17.5 Å². The molecule has 0 saturated heterocycles. The third kappa shape index (κ3) is 2.02. The number of nitrogens with one attached hydrogen (secondary N) is 1. The Balaban J connectivity index is 2.24. The molecule has 3 aromatic heterocycles. The highest BCUT2D eigenvalue weighted by Crippen LogP contribution is 2.11. The summed E-state index contributed by atoms with van der Waals surface area (Å²) in [7, 11) is 0. The first-order valence-corrected chi connectivity index (χ1v) is 7.09. The number of hydrogen-bond acceptors (Lipinski definition) is 5. The molecule has 0 aliphatic rings. The van der Waals surface area contributed by atoms with E-state index in [-0.39, 0.29) is 5.56 Å². The van der Waals surface area contributed by atoms with Crippen molar-refractivity contribution in [1.82, 2.24) is 24.4 Å². The summed E-state index contributed by atoms with van der Waals surface area (Å²) in [4.78, 5) is 13.5. The van der Waals surface area contributed by atoms with Gasteiger partial charge in [-0.1, -0.05) is 6.07 Å². The number of H-pyrrole nitrogens is 1. The summed E-state index contributed by atoms with van der Waals surface area (Å²) in [6, 6.07) is 3.95. The third-order valence-corrected chi connectivity index (χ3v) is 3.97. The van der Waals surface area contributed by atoms with Gasteiger partial charge in [0.15, 0.2) is 0 Å². The van der Waals surface area contributed by atoms with Gasteiger partial charge in [-0.05, 0) is 30.6 Å². The summed E-state index contributed by atoms with van der Waals surface area (Å²) in [5, 5.41) is 13.0. The molecule has 0 amide bonds. The van der Waals surface area contributed by atoms with E-state index >= 15 is 0 Å². The number of aromatic amines is 1. The molecule has 0 fully saturated rings. The van der Waals surface area contributed by atoms with E-state index in [1.54, 1.807) is 15.9 Å². The first-order valence-electron chi connectivity index (χ1n) is 5.80. The summed E-state index contributed by atoms with van der Waals surface area (Å²) in [5.41, 5.74) is 0.367. The predicted octanol–water partition coefficient (Wildman–Crippen LogP) is 1.62. The van der Waals surface area contributed by atoms with E-state index in [1.165, 1.54) is 4.52 Å². The van der Waals surface area contributed by atoms with Gasteiger partial charge in [0, 0.05) is 17.8 Å². The normalized spacial score (nSPS) is 11.2. The van der Waals surface area contributed by atoms with E-state index in [4.69, 9.17) is 12.2 Å². The van der Waals surface area contributed by atoms with Gasteiger partial charge in [0.2, 0.25) is 4.77 Å². The molecule has 0 radical (unpaired) electrons. The van der Waals surface area contributed by atoms with Gasteiger partial charge < -0.3 is 0 Å². The van der Waals surface area contributed by atoms with Gasteiger partial charge in [-0.15, -0.1) is 16.4 Å². The van der Waals surface area contributed by atoms with E-state index in [2.05, 4.69) is 15.3 Å². The maximum Gasteiger partial charge on any atom is 0.277 e. The Kier molecular flexibility index (Phi) is 3.03. The molecular formula is C11H11N5OS2. The number of fused-ring (bicyclic) bond motifs is 1. The van der Waals surface area contributed by atoms with Crippen molar-refractivity contribution < 1.29 is 0 Å². The average Bonchev–Trinajstić information content (AvgIpc) is 3.02. The van der Waals surface area contributed by atoms with Gasteiger partial charge in [0.1, 0.15) is 5.69 Å². The number of aromatic nitrogens is 5. The summed E-state index contributed by atoms with van der Waals surface area (Å²) in [6.07, 6.45) is 0.513. The van der Waals surface area contributed by atoms with Crippen LogP contribution in [0, 0.1) is 4.77 Å². The van der Waals surface area contributed by atoms with Crippen LogP contribution < -0.4 is 5.56 Å². The lowest BCUT2D eigenvalue weighted by atomic mass is 10.3. The molecule has 0 aliphatic carbocycles. The quantitative estimate of drug-likeness (QED) is 0.745. The molecule has 3 heterocycles. The molecule has 1 N–H and O–H groups in total. The Morgan fingerprint density at radius 3 is 3.05 bits per heavy atom. The molecule has 6 nitrogen and oxygen atoms in total. The van der Waals surface area contributed by atoms with Crippen molar-refractivity contribution in [3.05, 3.63) is 43.2 Å². The number of hydrogen-bond donors (Lipinski definition) is 1. The molecule has 8 heteroatoms. The molecular weight excluding hydrogens is 282 g/mol. The summed E-state index contributed by atoms with van der Waals surface area (Å²) in [5.74, 6) is 0.451. The maximum atomic E-state index is 12.4. The molecule has 0 bridgehead atoms. The van der Waals surface area contributed by atoms with E-state index in [9.17, 15) is 4.79 Å². The lowest BCUT2D eigenvalue weighted by molar-refractivity contribution is 0.672. The second-order valence-corrected chi connectivity index (χ2v) is 5.41. The first kappa shape index (κ1) is 12.2. The van der Waals surface area contributed by atoms with E-state index in [0.29, 0.717) is 29.2 Å². The Morgan fingerprint density at radius 1 is 1.53 bits per heavy atom. The molecule has 0 aromatic carbocycles. The fourth-order valence-corrected chi connectivity index (χ4v) is 2.81. The lowest BCUT2D eigenvalue weighted by Gasteiger charge is -2.05. The standard InChI is InChI=1S/C11H11N5OS2/c1-2-15-9(17)8(6-7-4-3-5-19-7)14-16-10(15)12-13-11(16)18/h3-5H,2,6H2,1H3,(H,13,18). The highest BCUT2D eigenvalue weighted by Gasteiger charge is 2.13. The van der Waals surface area contributed by atoms with E-state index in [0.717, 1.165) is 4.88 Å². The first-order chi connectivity index (χ1) is 9.20. The fraction of sp³-hybridized carbons (Fsp3) is 0.273. The Labute approximate surface area is 117 Å². The molecule has 3 rings (SSSR count). The van der Waals surface area contributed by atoms with E-state index < -0.39 is 0 Å². The number of nitrogens with zero attached hydrogens (tertiary/aromatic N) is 4. The molecule has 0 spiro atoms. The van der Waals surface area contributed by atoms with Gasteiger partial charge in [-0.25, -0.2) is 5.10 Å². The highest BCUT2D eigenvalue weighted by atomic mass is 32.1. The number of thiophene rings is 1. The molecule has 0 atom stereocenters. The largest absolute Gasteiger partial charge is 0.277 e. The summed E-state index contributed by atoms with van der Waals surface area (Å²) < 4.78 is 3.47. The highest BCUT2D eigenvalue weighted by molar-refractivity contribution is 7.71. The van der Waals surface area contributed by atoms with Crippen LogP contribution in [0.2, 0.25) is 0 Å². The van der Waals surface area contributed by atoms with Crippen molar-refractivity contribution in [2.75, 3.05) is 0 Å². The average molecular weight is 293 g/mol. The fourth-order valence-electron chi connectivity index (χ4n) is 1.93. The van der Waals surface area contributed by atoms with Crippen molar-refractivity contribution in [2.24, 2.45) is 0 Å². The molecule has 0 aliphatic heterocycles. The van der Waals surface area contributed by atoms with Crippen molar-refractivity contribution in [1.29, 1.82) is 0 Å². The Morgan fingerprint density at radius 2 is 2.37 bits per heavy atom.